The third-order valence-electron chi connectivity index (χ3n) is 5.31. The van der Waals surface area contributed by atoms with Crippen LogP contribution in [0.5, 0.6) is 0 Å². The van der Waals surface area contributed by atoms with E-state index in [-0.39, 0.29) is 18.5 Å². The largest absolute Gasteiger partial charge is 0.332 e. The van der Waals surface area contributed by atoms with Crippen molar-refractivity contribution in [2.24, 2.45) is 5.92 Å². The number of nitrogens with one attached hydrogen (secondary N) is 1. The Morgan fingerprint density at radius 2 is 1.58 bits per heavy atom. The summed E-state index contributed by atoms with van der Waals surface area (Å²) >= 11 is 1.64. The van der Waals surface area contributed by atoms with Crippen molar-refractivity contribution in [3.8, 4) is 0 Å². The van der Waals surface area contributed by atoms with Crippen LogP contribution >= 0.6 is 11.3 Å². The Bertz CT molecular complexity index is 973. The SMILES string of the molecule is O=C(CN(CC1CC1)C(=O)Nc1ccccc1)N(Cc1ccccc1)Cc1cccs1. The van der Waals surface area contributed by atoms with Gasteiger partial charge in [-0.25, -0.2) is 4.79 Å². The zero-order chi connectivity index (χ0) is 21.5. The molecule has 6 heteroatoms. The summed E-state index contributed by atoms with van der Waals surface area (Å²) in [5.74, 6) is 0.454. The monoisotopic (exact) mass is 433 g/mol. The molecule has 0 aliphatic heterocycles. The van der Waals surface area contributed by atoms with Gasteiger partial charge in [0.1, 0.15) is 6.54 Å². The molecule has 0 spiro atoms. The van der Waals surface area contributed by atoms with Crippen molar-refractivity contribution in [1.82, 2.24) is 9.80 Å². The second kappa shape index (κ2) is 10.3. The molecule has 1 saturated carbocycles. The summed E-state index contributed by atoms with van der Waals surface area (Å²) < 4.78 is 0. The zero-order valence-electron chi connectivity index (χ0n) is 17.4. The van der Waals surface area contributed by atoms with Crippen LogP contribution in [0.2, 0.25) is 0 Å². The summed E-state index contributed by atoms with van der Waals surface area (Å²) in [5, 5.41) is 4.95. The van der Waals surface area contributed by atoms with E-state index in [2.05, 4.69) is 5.32 Å². The molecule has 1 N–H and O–H groups in total. The molecule has 4 rings (SSSR count). The summed E-state index contributed by atoms with van der Waals surface area (Å²) in [6, 6.07) is 23.2. The Labute approximate surface area is 187 Å². The summed E-state index contributed by atoms with van der Waals surface area (Å²) in [6.45, 7) is 1.76. The van der Waals surface area contributed by atoms with Gasteiger partial charge in [0, 0.05) is 23.7 Å². The summed E-state index contributed by atoms with van der Waals surface area (Å²) in [6.07, 6.45) is 2.23. The van der Waals surface area contributed by atoms with Crippen molar-refractivity contribution in [2.45, 2.75) is 25.9 Å². The number of rotatable bonds is 9. The Hall–Kier alpha value is -3.12. The molecule has 2 aromatic carbocycles. The van der Waals surface area contributed by atoms with Gasteiger partial charge in [-0.2, -0.15) is 0 Å². The Morgan fingerprint density at radius 1 is 0.871 bits per heavy atom. The first-order valence-electron chi connectivity index (χ1n) is 10.6. The number of benzene rings is 2. The second-order valence-corrected chi connectivity index (χ2v) is 8.97. The van der Waals surface area contributed by atoms with Crippen LogP contribution in [-0.4, -0.2) is 34.8 Å². The number of carbonyl (C=O) groups excluding carboxylic acids is 2. The quantitative estimate of drug-likeness (QED) is 0.503. The molecule has 0 atom stereocenters. The van der Waals surface area contributed by atoms with Gasteiger partial charge in [0.25, 0.3) is 0 Å². The number of hydrogen-bond acceptors (Lipinski definition) is 3. The zero-order valence-corrected chi connectivity index (χ0v) is 18.3. The molecular formula is C25H27N3O2S. The number of amides is 3. The maximum atomic E-state index is 13.4. The standard InChI is InChI=1S/C25H27N3O2S/c29-24(27(18-23-12-7-15-31-23)16-20-8-3-1-4-9-20)19-28(17-21-13-14-21)25(30)26-22-10-5-2-6-11-22/h1-12,15,21H,13-14,16-19H2,(H,26,30). The van der Waals surface area contributed by atoms with Crippen molar-refractivity contribution in [2.75, 3.05) is 18.4 Å². The maximum Gasteiger partial charge on any atom is 0.322 e. The van der Waals surface area contributed by atoms with Crippen molar-refractivity contribution >= 4 is 29.0 Å². The first kappa shape index (κ1) is 21.1. The van der Waals surface area contributed by atoms with Crippen LogP contribution in [0.15, 0.2) is 78.2 Å². The molecule has 5 nitrogen and oxygen atoms in total. The van der Waals surface area contributed by atoms with Crippen LogP contribution in [0.1, 0.15) is 23.3 Å². The Morgan fingerprint density at radius 3 is 2.23 bits per heavy atom. The molecule has 3 aromatic rings. The lowest BCUT2D eigenvalue weighted by Crippen LogP contribution is -2.44. The van der Waals surface area contributed by atoms with E-state index in [0.717, 1.165) is 29.0 Å². The van der Waals surface area contributed by atoms with Gasteiger partial charge >= 0.3 is 6.03 Å². The van der Waals surface area contributed by atoms with E-state index >= 15 is 0 Å². The molecule has 160 valence electrons. The molecule has 0 bridgehead atoms. The number of thiophene rings is 1. The highest BCUT2D eigenvalue weighted by atomic mass is 32.1. The predicted octanol–water partition coefficient (Wildman–Crippen LogP) is 5.22. The molecule has 1 aliphatic rings. The Kier molecular flexibility index (Phi) is 6.99. The average Bonchev–Trinajstić information content (AvgIpc) is 3.46. The molecular weight excluding hydrogens is 406 g/mol. The van der Waals surface area contributed by atoms with E-state index in [9.17, 15) is 9.59 Å². The number of anilines is 1. The molecule has 1 heterocycles. The number of urea groups is 1. The number of hydrogen-bond donors (Lipinski definition) is 1. The minimum absolute atomic E-state index is 0.0406. The minimum Gasteiger partial charge on any atom is -0.332 e. The van der Waals surface area contributed by atoms with Crippen molar-refractivity contribution in [3.05, 3.63) is 88.6 Å². The van der Waals surface area contributed by atoms with Gasteiger partial charge < -0.3 is 15.1 Å². The van der Waals surface area contributed by atoms with Crippen LogP contribution < -0.4 is 5.32 Å². The molecule has 1 aliphatic carbocycles. The molecule has 1 fully saturated rings. The van der Waals surface area contributed by atoms with Gasteiger partial charge in [-0.15, -0.1) is 11.3 Å². The lowest BCUT2D eigenvalue weighted by molar-refractivity contribution is -0.133. The normalized spacial score (nSPS) is 12.9. The van der Waals surface area contributed by atoms with Crippen LogP contribution in [0, 0.1) is 5.92 Å². The second-order valence-electron chi connectivity index (χ2n) is 7.93. The van der Waals surface area contributed by atoms with E-state index in [4.69, 9.17) is 0 Å². The van der Waals surface area contributed by atoms with Crippen LogP contribution in [0.3, 0.4) is 0 Å². The summed E-state index contributed by atoms with van der Waals surface area (Å²) in [5.41, 5.74) is 1.82. The fourth-order valence-corrected chi connectivity index (χ4v) is 4.16. The van der Waals surface area contributed by atoms with Crippen LogP contribution in [-0.2, 0) is 17.9 Å². The first-order valence-corrected chi connectivity index (χ1v) is 11.5. The smallest absolute Gasteiger partial charge is 0.322 e. The van der Waals surface area contributed by atoms with Gasteiger partial charge in [0.05, 0.1) is 6.54 Å². The summed E-state index contributed by atoms with van der Waals surface area (Å²) in [4.78, 5) is 30.9. The maximum absolute atomic E-state index is 13.4. The van der Waals surface area contributed by atoms with Crippen molar-refractivity contribution in [1.29, 1.82) is 0 Å². The highest BCUT2D eigenvalue weighted by Crippen LogP contribution is 2.30. The highest BCUT2D eigenvalue weighted by Gasteiger charge is 2.29. The van der Waals surface area contributed by atoms with Crippen molar-refractivity contribution < 1.29 is 9.59 Å². The number of nitrogens with zero attached hydrogens (tertiary/aromatic N) is 2. The van der Waals surface area contributed by atoms with Crippen molar-refractivity contribution in [3.63, 3.8) is 0 Å². The van der Waals surface area contributed by atoms with Gasteiger partial charge in [-0.3, -0.25) is 4.79 Å². The lowest BCUT2D eigenvalue weighted by Gasteiger charge is -2.28. The predicted molar refractivity (Wildman–Crippen MR) is 125 cm³/mol. The first-order chi connectivity index (χ1) is 15.2. The minimum atomic E-state index is -0.220. The van der Waals surface area contributed by atoms with E-state index < -0.39 is 0 Å². The van der Waals surface area contributed by atoms with E-state index in [1.54, 1.807) is 16.2 Å². The van der Waals surface area contributed by atoms with Gasteiger partial charge in [-0.1, -0.05) is 54.6 Å². The molecule has 0 saturated heterocycles. The van der Waals surface area contributed by atoms with E-state index in [1.165, 1.54) is 0 Å². The third-order valence-corrected chi connectivity index (χ3v) is 6.17. The highest BCUT2D eigenvalue weighted by molar-refractivity contribution is 7.09. The van der Waals surface area contributed by atoms with Gasteiger partial charge in [-0.05, 0) is 47.9 Å². The molecule has 0 radical (unpaired) electrons. The molecule has 31 heavy (non-hydrogen) atoms. The summed E-state index contributed by atoms with van der Waals surface area (Å²) in [7, 11) is 0. The lowest BCUT2D eigenvalue weighted by atomic mass is 10.2. The molecule has 1 aromatic heterocycles. The average molecular weight is 434 g/mol. The fraction of sp³-hybridized carbons (Fsp3) is 0.280. The van der Waals surface area contributed by atoms with E-state index in [1.807, 2.05) is 83.1 Å². The number of para-hydroxylation sites is 1. The van der Waals surface area contributed by atoms with Crippen LogP contribution in [0.25, 0.3) is 0 Å². The van der Waals surface area contributed by atoms with Crippen LogP contribution in [0.4, 0.5) is 10.5 Å². The molecule has 3 amide bonds. The van der Waals surface area contributed by atoms with Gasteiger partial charge in [0.2, 0.25) is 5.91 Å². The third kappa shape index (κ3) is 6.43. The molecule has 0 unspecified atom stereocenters. The van der Waals surface area contributed by atoms with E-state index in [0.29, 0.717) is 25.6 Å². The Balaban J connectivity index is 1.47. The van der Waals surface area contributed by atoms with Gasteiger partial charge in [0.15, 0.2) is 0 Å². The number of carbonyl (C=O) groups is 2. The topological polar surface area (TPSA) is 52.7 Å². The fourth-order valence-electron chi connectivity index (χ4n) is 3.45.